The maximum atomic E-state index is 11.9. The molecule has 2 N–H and O–H groups in total. The van der Waals surface area contributed by atoms with Gasteiger partial charge in [-0.2, -0.15) is 5.10 Å². The summed E-state index contributed by atoms with van der Waals surface area (Å²) in [5.74, 6) is 2.01. The van der Waals surface area contributed by atoms with Gasteiger partial charge in [-0.3, -0.25) is 0 Å². The van der Waals surface area contributed by atoms with Crippen molar-refractivity contribution in [2.75, 3.05) is 25.6 Å². The summed E-state index contributed by atoms with van der Waals surface area (Å²) in [5.41, 5.74) is 5.01. The fourth-order valence-electron chi connectivity index (χ4n) is 2.97. The van der Waals surface area contributed by atoms with Crippen molar-refractivity contribution in [3.05, 3.63) is 96.6 Å². The lowest BCUT2D eigenvalue weighted by atomic mass is 10.1. The molecule has 0 heterocycles. The monoisotopic (exact) mass is 445 g/mol. The molecule has 170 valence electrons. The maximum absolute atomic E-state index is 11.9. The van der Waals surface area contributed by atoms with Crippen molar-refractivity contribution in [1.29, 1.82) is 0 Å². The maximum Gasteiger partial charge on any atom is 0.339 e. The van der Waals surface area contributed by atoms with E-state index in [-0.39, 0.29) is 0 Å². The van der Waals surface area contributed by atoms with Gasteiger partial charge in [0.25, 0.3) is 0 Å². The molecule has 0 unspecified atom stereocenters. The molecule has 3 rings (SSSR count). The largest absolute Gasteiger partial charge is 0.493 e. The second-order valence-electron chi connectivity index (χ2n) is 6.94. The summed E-state index contributed by atoms with van der Waals surface area (Å²) in [6.07, 6.45) is 4.16. The number of hydrazone groups is 1. The third-order valence-electron chi connectivity index (χ3n) is 4.49. The molecule has 0 spiro atoms. The van der Waals surface area contributed by atoms with E-state index in [2.05, 4.69) is 22.4 Å². The summed E-state index contributed by atoms with van der Waals surface area (Å²) in [4.78, 5) is 11.9. The van der Waals surface area contributed by atoms with Crippen molar-refractivity contribution in [3.63, 3.8) is 0 Å². The van der Waals surface area contributed by atoms with E-state index in [0.29, 0.717) is 36.1 Å². The number of hydrogen-bond acceptors (Lipinski definition) is 5. The Hall–Kier alpha value is -4.26. The molecule has 0 aliphatic carbocycles. The van der Waals surface area contributed by atoms with E-state index in [1.54, 1.807) is 25.5 Å². The molecule has 3 aromatic rings. The van der Waals surface area contributed by atoms with Crippen molar-refractivity contribution in [2.45, 2.75) is 6.42 Å². The second-order valence-corrected chi connectivity index (χ2v) is 6.94. The van der Waals surface area contributed by atoms with Gasteiger partial charge in [0.1, 0.15) is 19.0 Å². The number of rotatable bonds is 11. The van der Waals surface area contributed by atoms with Crippen LogP contribution in [-0.2, 0) is 6.42 Å². The van der Waals surface area contributed by atoms with Crippen LogP contribution in [0.3, 0.4) is 0 Å². The lowest BCUT2D eigenvalue weighted by Crippen LogP contribution is -2.24. The van der Waals surface area contributed by atoms with Crippen molar-refractivity contribution in [3.8, 4) is 17.2 Å². The minimum atomic E-state index is -0.421. The van der Waals surface area contributed by atoms with E-state index in [1.807, 2.05) is 66.7 Å². The third kappa shape index (κ3) is 7.74. The molecule has 33 heavy (non-hydrogen) atoms. The fraction of sp³-hybridized carbons (Fsp3) is 0.154. The third-order valence-corrected chi connectivity index (χ3v) is 4.49. The Morgan fingerprint density at radius 2 is 1.79 bits per heavy atom. The molecule has 0 atom stereocenters. The van der Waals surface area contributed by atoms with E-state index in [4.69, 9.17) is 14.2 Å². The number of benzene rings is 3. The van der Waals surface area contributed by atoms with Gasteiger partial charge in [-0.25, -0.2) is 10.2 Å². The Bertz CT molecular complexity index is 1080. The average molecular weight is 446 g/mol. The number of methoxy groups -OCH3 is 1. The molecule has 7 nitrogen and oxygen atoms in total. The van der Waals surface area contributed by atoms with Crippen LogP contribution in [0.4, 0.5) is 10.5 Å². The summed E-state index contributed by atoms with van der Waals surface area (Å²) in [5, 5.41) is 6.66. The number of nitrogens with zero attached hydrogens (tertiary/aromatic N) is 1. The summed E-state index contributed by atoms with van der Waals surface area (Å²) in [7, 11) is 1.61. The molecule has 0 aliphatic rings. The highest BCUT2D eigenvalue weighted by Gasteiger charge is 2.06. The van der Waals surface area contributed by atoms with Crippen LogP contribution in [0.1, 0.15) is 11.1 Å². The van der Waals surface area contributed by atoms with Gasteiger partial charge in [-0.1, -0.05) is 42.5 Å². The van der Waals surface area contributed by atoms with Crippen LogP contribution in [-0.4, -0.2) is 32.6 Å². The highest BCUT2D eigenvalue weighted by molar-refractivity contribution is 5.90. The standard InChI is InChI=1S/C26H27N3O4/c1-3-8-20-13-14-24(25(18-20)31-2)33-16-15-32-23-12-7-9-21(17-23)19-27-29-26(30)28-22-10-5-4-6-11-22/h3-7,9-14,17-19H,1,8,15-16H2,2H3,(H2,28,29,30)/b27-19-. The second kappa shape index (κ2) is 12.6. The van der Waals surface area contributed by atoms with E-state index in [0.717, 1.165) is 17.5 Å². The molecule has 0 bridgehead atoms. The number of para-hydroxylation sites is 1. The molecule has 0 saturated carbocycles. The normalized spacial score (nSPS) is 10.5. The number of amides is 2. The Kier molecular flexibility index (Phi) is 8.91. The van der Waals surface area contributed by atoms with Crippen LogP contribution in [0.2, 0.25) is 0 Å². The van der Waals surface area contributed by atoms with Crippen LogP contribution < -0.4 is 25.0 Å². The molecule has 7 heteroatoms. The fourth-order valence-corrected chi connectivity index (χ4v) is 2.97. The Balaban J connectivity index is 1.45. The van der Waals surface area contributed by atoms with Crippen molar-refractivity contribution >= 4 is 17.9 Å². The van der Waals surface area contributed by atoms with Gasteiger partial charge in [0.05, 0.1) is 13.3 Å². The average Bonchev–Trinajstić information content (AvgIpc) is 2.83. The van der Waals surface area contributed by atoms with Gasteiger partial charge in [0.15, 0.2) is 11.5 Å². The van der Waals surface area contributed by atoms with E-state index in [9.17, 15) is 4.79 Å². The Morgan fingerprint density at radius 1 is 0.970 bits per heavy atom. The zero-order valence-electron chi connectivity index (χ0n) is 18.5. The number of nitrogens with one attached hydrogen (secondary N) is 2. The topological polar surface area (TPSA) is 81.2 Å². The lowest BCUT2D eigenvalue weighted by molar-refractivity contribution is 0.211. The number of urea groups is 1. The molecular formula is C26H27N3O4. The first kappa shape index (κ1) is 23.4. The number of allylic oxidation sites excluding steroid dienone is 1. The van der Waals surface area contributed by atoms with Crippen molar-refractivity contribution < 1.29 is 19.0 Å². The highest BCUT2D eigenvalue weighted by atomic mass is 16.5. The van der Waals surface area contributed by atoms with Crippen LogP contribution in [0.5, 0.6) is 17.2 Å². The molecule has 0 saturated heterocycles. The van der Waals surface area contributed by atoms with Gasteiger partial charge in [0.2, 0.25) is 0 Å². The summed E-state index contributed by atoms with van der Waals surface area (Å²) >= 11 is 0. The molecule has 0 aromatic heterocycles. The number of anilines is 1. The van der Waals surface area contributed by atoms with Crippen molar-refractivity contribution in [2.24, 2.45) is 5.10 Å². The minimum absolute atomic E-state index is 0.357. The Morgan fingerprint density at radius 3 is 2.58 bits per heavy atom. The molecule has 0 radical (unpaired) electrons. The minimum Gasteiger partial charge on any atom is -0.493 e. The Labute approximate surface area is 193 Å². The summed E-state index contributed by atoms with van der Waals surface area (Å²) in [6, 6.07) is 21.9. The van der Waals surface area contributed by atoms with E-state index >= 15 is 0 Å². The van der Waals surface area contributed by atoms with Gasteiger partial charge < -0.3 is 19.5 Å². The zero-order chi connectivity index (χ0) is 23.3. The number of carbonyl (C=O) groups is 1. The van der Waals surface area contributed by atoms with Gasteiger partial charge in [-0.15, -0.1) is 6.58 Å². The predicted octanol–water partition coefficient (Wildman–Crippen LogP) is 5.04. The smallest absolute Gasteiger partial charge is 0.339 e. The molecular weight excluding hydrogens is 418 g/mol. The molecule has 2 amide bonds. The van der Waals surface area contributed by atoms with E-state index in [1.165, 1.54) is 0 Å². The van der Waals surface area contributed by atoms with Gasteiger partial charge >= 0.3 is 6.03 Å². The zero-order valence-corrected chi connectivity index (χ0v) is 18.5. The lowest BCUT2D eigenvalue weighted by Gasteiger charge is -2.12. The first-order valence-corrected chi connectivity index (χ1v) is 10.5. The van der Waals surface area contributed by atoms with Crippen LogP contribution in [0, 0.1) is 0 Å². The summed E-state index contributed by atoms with van der Waals surface area (Å²) in [6.45, 7) is 4.47. The van der Waals surface area contributed by atoms with Gasteiger partial charge in [-0.05, 0) is 53.9 Å². The molecule has 0 aliphatic heterocycles. The number of carbonyl (C=O) groups excluding carboxylic acids is 1. The molecule has 3 aromatic carbocycles. The SMILES string of the molecule is C=CCc1ccc(OCCOc2cccc(/C=N\NC(=O)Nc3ccccc3)c2)c(OC)c1. The van der Waals surface area contributed by atoms with Crippen molar-refractivity contribution in [1.82, 2.24) is 5.43 Å². The quantitative estimate of drug-likeness (QED) is 0.188. The van der Waals surface area contributed by atoms with Crippen LogP contribution in [0.15, 0.2) is 90.6 Å². The highest BCUT2D eigenvalue weighted by Crippen LogP contribution is 2.28. The van der Waals surface area contributed by atoms with E-state index < -0.39 is 6.03 Å². The van der Waals surface area contributed by atoms with Crippen LogP contribution >= 0.6 is 0 Å². The number of ether oxygens (including phenoxy) is 3. The van der Waals surface area contributed by atoms with Crippen LogP contribution in [0.25, 0.3) is 0 Å². The molecule has 0 fully saturated rings. The predicted molar refractivity (Wildman–Crippen MR) is 131 cm³/mol. The van der Waals surface area contributed by atoms with Gasteiger partial charge in [0, 0.05) is 5.69 Å². The first-order chi connectivity index (χ1) is 16.2. The first-order valence-electron chi connectivity index (χ1n) is 10.5. The number of hydrogen-bond donors (Lipinski definition) is 2. The summed E-state index contributed by atoms with van der Waals surface area (Å²) < 4.78 is 17.0.